The molecule has 0 spiro atoms. The zero-order valence-corrected chi connectivity index (χ0v) is 9.74. The van der Waals surface area contributed by atoms with E-state index in [1.807, 2.05) is 19.1 Å². The van der Waals surface area contributed by atoms with Gasteiger partial charge in [-0.25, -0.2) is 4.79 Å². The van der Waals surface area contributed by atoms with Gasteiger partial charge in [0.1, 0.15) is 5.69 Å². The van der Waals surface area contributed by atoms with E-state index in [0.717, 1.165) is 12.0 Å². The highest BCUT2D eigenvalue weighted by atomic mass is 16.5. The number of aryl methyl sites for hydroxylation is 1. The molecular formula is C13H13NO3. The van der Waals surface area contributed by atoms with E-state index in [1.165, 1.54) is 13.2 Å². The molecule has 17 heavy (non-hydrogen) atoms. The first-order chi connectivity index (χ1) is 8.17. The summed E-state index contributed by atoms with van der Waals surface area (Å²) in [5.41, 5.74) is 1.73. The van der Waals surface area contributed by atoms with Crippen LogP contribution in [0.1, 0.15) is 23.0 Å². The number of ether oxygens (including phenoxy) is 1. The molecule has 4 nitrogen and oxygen atoms in total. The van der Waals surface area contributed by atoms with Crippen LogP contribution in [0, 0.1) is 0 Å². The van der Waals surface area contributed by atoms with Crippen molar-refractivity contribution in [3.63, 3.8) is 0 Å². The van der Waals surface area contributed by atoms with Gasteiger partial charge in [0, 0.05) is 11.5 Å². The number of rotatable bonds is 2. The number of aromatic nitrogens is 1. The number of carbonyl (C=O) groups is 1. The molecule has 0 bridgehead atoms. The van der Waals surface area contributed by atoms with Crippen molar-refractivity contribution in [1.29, 1.82) is 0 Å². The first-order valence-electron chi connectivity index (χ1n) is 5.40. The number of carbonyl (C=O) groups excluding carboxylic acids is 1. The fourth-order valence-corrected chi connectivity index (χ4v) is 1.85. The van der Waals surface area contributed by atoms with E-state index in [1.54, 1.807) is 6.07 Å². The number of para-hydroxylation sites is 1. The number of hydrogen-bond acceptors (Lipinski definition) is 3. The number of benzene rings is 1. The zero-order valence-electron chi connectivity index (χ0n) is 9.74. The molecule has 4 heteroatoms. The molecule has 1 N–H and O–H groups in total. The van der Waals surface area contributed by atoms with Gasteiger partial charge in [-0.05, 0) is 18.1 Å². The molecule has 0 aliphatic carbocycles. The smallest absolute Gasteiger partial charge is 0.354 e. The second-order valence-electron chi connectivity index (χ2n) is 3.73. The van der Waals surface area contributed by atoms with Crippen molar-refractivity contribution >= 4 is 16.9 Å². The van der Waals surface area contributed by atoms with Crippen LogP contribution in [0.15, 0.2) is 29.1 Å². The average Bonchev–Trinajstić information content (AvgIpc) is 2.37. The van der Waals surface area contributed by atoms with Crippen molar-refractivity contribution in [1.82, 2.24) is 4.98 Å². The molecule has 2 aromatic rings. The first-order valence-corrected chi connectivity index (χ1v) is 5.40. The second-order valence-corrected chi connectivity index (χ2v) is 3.73. The summed E-state index contributed by atoms with van der Waals surface area (Å²) in [6.45, 7) is 2.00. The summed E-state index contributed by atoms with van der Waals surface area (Å²) in [7, 11) is 1.29. The van der Waals surface area contributed by atoms with Crippen LogP contribution in [0.3, 0.4) is 0 Å². The number of aromatic amines is 1. The highest BCUT2D eigenvalue weighted by Gasteiger charge is 2.10. The molecule has 0 aliphatic rings. The van der Waals surface area contributed by atoms with E-state index < -0.39 is 5.97 Å². The Hall–Kier alpha value is -2.10. The summed E-state index contributed by atoms with van der Waals surface area (Å²) in [4.78, 5) is 26.2. The Morgan fingerprint density at radius 3 is 2.82 bits per heavy atom. The summed E-state index contributed by atoms with van der Waals surface area (Å²) in [6, 6.07) is 6.79. The molecule has 2 rings (SSSR count). The molecule has 88 valence electrons. The molecule has 1 aromatic carbocycles. The lowest BCUT2D eigenvalue weighted by molar-refractivity contribution is 0.0594. The highest BCUT2D eigenvalue weighted by molar-refractivity contribution is 5.91. The molecule has 0 atom stereocenters. The summed E-state index contributed by atoms with van der Waals surface area (Å²) in [5, 5.41) is 0.594. The molecule has 1 aromatic heterocycles. The Kier molecular flexibility index (Phi) is 2.95. The van der Waals surface area contributed by atoms with Crippen molar-refractivity contribution in [2.24, 2.45) is 0 Å². The lowest BCUT2D eigenvalue weighted by Crippen LogP contribution is -2.12. The van der Waals surface area contributed by atoms with E-state index in [2.05, 4.69) is 9.72 Å². The van der Waals surface area contributed by atoms with Crippen LogP contribution >= 0.6 is 0 Å². The molecule has 0 amide bonds. The number of pyridine rings is 1. The number of nitrogens with one attached hydrogen (secondary N) is 1. The van der Waals surface area contributed by atoms with Crippen LogP contribution in [-0.2, 0) is 11.2 Å². The Balaban J connectivity index is 2.79. The van der Waals surface area contributed by atoms with Gasteiger partial charge >= 0.3 is 5.97 Å². The van der Waals surface area contributed by atoms with Crippen LogP contribution in [0.5, 0.6) is 0 Å². The third kappa shape index (κ3) is 1.93. The largest absolute Gasteiger partial charge is 0.464 e. The van der Waals surface area contributed by atoms with Gasteiger partial charge in [-0.15, -0.1) is 0 Å². The third-order valence-electron chi connectivity index (χ3n) is 2.74. The molecule has 0 saturated heterocycles. The number of H-pyrrole nitrogens is 1. The van der Waals surface area contributed by atoms with Gasteiger partial charge in [-0.1, -0.05) is 19.1 Å². The monoisotopic (exact) mass is 231 g/mol. The minimum atomic E-state index is -0.532. The summed E-state index contributed by atoms with van der Waals surface area (Å²) in [5.74, 6) is -0.532. The minimum Gasteiger partial charge on any atom is -0.464 e. The van der Waals surface area contributed by atoms with Crippen LogP contribution in [0.25, 0.3) is 10.9 Å². The highest BCUT2D eigenvalue weighted by Crippen LogP contribution is 2.14. The van der Waals surface area contributed by atoms with Gasteiger partial charge in [0.15, 0.2) is 5.43 Å². The van der Waals surface area contributed by atoms with Crippen molar-refractivity contribution < 1.29 is 9.53 Å². The van der Waals surface area contributed by atoms with E-state index >= 15 is 0 Å². The van der Waals surface area contributed by atoms with E-state index in [-0.39, 0.29) is 11.1 Å². The van der Waals surface area contributed by atoms with Crippen molar-refractivity contribution in [2.45, 2.75) is 13.3 Å². The maximum atomic E-state index is 11.9. The van der Waals surface area contributed by atoms with Crippen LogP contribution in [0.4, 0.5) is 0 Å². The second kappa shape index (κ2) is 4.41. The van der Waals surface area contributed by atoms with Crippen molar-refractivity contribution in [3.05, 3.63) is 45.7 Å². The lowest BCUT2D eigenvalue weighted by atomic mass is 10.1. The minimum absolute atomic E-state index is 0.172. The summed E-state index contributed by atoms with van der Waals surface area (Å²) in [6.07, 6.45) is 0.790. The van der Waals surface area contributed by atoms with Crippen molar-refractivity contribution in [3.8, 4) is 0 Å². The lowest BCUT2D eigenvalue weighted by Gasteiger charge is -2.06. The predicted molar refractivity (Wildman–Crippen MR) is 65.3 cm³/mol. The van der Waals surface area contributed by atoms with Gasteiger partial charge in [0.05, 0.1) is 12.6 Å². The van der Waals surface area contributed by atoms with Crippen LogP contribution in [-0.4, -0.2) is 18.1 Å². The molecule has 1 heterocycles. The SMILES string of the molecule is CCc1cccc2c(=O)cc(C(=O)OC)[nH]c12. The molecular weight excluding hydrogens is 218 g/mol. The van der Waals surface area contributed by atoms with Gasteiger partial charge < -0.3 is 9.72 Å². The fraction of sp³-hybridized carbons (Fsp3) is 0.231. The van der Waals surface area contributed by atoms with Gasteiger partial charge in [-0.3, -0.25) is 4.79 Å². The average molecular weight is 231 g/mol. The summed E-state index contributed by atoms with van der Waals surface area (Å²) >= 11 is 0. The van der Waals surface area contributed by atoms with Crippen LogP contribution in [0.2, 0.25) is 0 Å². The number of methoxy groups -OCH3 is 1. The normalized spacial score (nSPS) is 10.5. The van der Waals surface area contributed by atoms with Crippen molar-refractivity contribution in [2.75, 3.05) is 7.11 Å². The molecule has 0 unspecified atom stereocenters. The summed E-state index contributed by atoms with van der Waals surface area (Å²) < 4.78 is 4.60. The van der Waals surface area contributed by atoms with Gasteiger partial charge in [-0.2, -0.15) is 0 Å². The topological polar surface area (TPSA) is 59.2 Å². The quantitative estimate of drug-likeness (QED) is 0.803. The molecule has 0 radical (unpaired) electrons. The Morgan fingerprint density at radius 1 is 1.41 bits per heavy atom. The molecule has 0 aliphatic heterocycles. The van der Waals surface area contributed by atoms with Gasteiger partial charge in [0.2, 0.25) is 0 Å². The van der Waals surface area contributed by atoms with E-state index in [4.69, 9.17) is 0 Å². The Morgan fingerprint density at radius 2 is 2.18 bits per heavy atom. The predicted octanol–water partition coefficient (Wildman–Crippen LogP) is 1.88. The van der Waals surface area contributed by atoms with Crippen LogP contribution < -0.4 is 5.43 Å². The zero-order chi connectivity index (χ0) is 12.4. The third-order valence-corrected chi connectivity index (χ3v) is 2.74. The Labute approximate surface area is 98.2 Å². The van der Waals surface area contributed by atoms with E-state index in [9.17, 15) is 9.59 Å². The molecule has 0 fully saturated rings. The first kappa shape index (κ1) is 11.4. The fourth-order valence-electron chi connectivity index (χ4n) is 1.85. The maximum Gasteiger partial charge on any atom is 0.354 e. The number of hydrogen-bond donors (Lipinski definition) is 1. The number of esters is 1. The standard InChI is InChI=1S/C13H13NO3/c1-3-8-5-4-6-9-11(15)7-10(13(16)17-2)14-12(8)9/h4-7H,3H2,1-2H3,(H,14,15). The maximum absolute atomic E-state index is 11.9. The molecule has 0 saturated carbocycles. The number of fused-ring (bicyclic) bond motifs is 1. The van der Waals surface area contributed by atoms with E-state index in [0.29, 0.717) is 10.9 Å². The Bertz CT molecular complexity index is 628. The van der Waals surface area contributed by atoms with Gasteiger partial charge in [0.25, 0.3) is 0 Å².